The lowest BCUT2D eigenvalue weighted by Gasteiger charge is -2.28. The summed E-state index contributed by atoms with van der Waals surface area (Å²) in [4.78, 5) is 15.2. The van der Waals surface area contributed by atoms with E-state index in [0.29, 0.717) is 33.5 Å². The normalized spacial score (nSPS) is 18.8. The van der Waals surface area contributed by atoms with Crippen LogP contribution >= 0.6 is 23.2 Å². The quantitative estimate of drug-likeness (QED) is 0.689. The largest absolute Gasteiger partial charge is 0.440 e. The number of nitrogens with one attached hydrogen (secondary N) is 1. The van der Waals surface area contributed by atoms with Gasteiger partial charge in [-0.15, -0.1) is 0 Å². The first kappa shape index (κ1) is 22.7. The number of quaternary nitrogens is 1. The summed E-state index contributed by atoms with van der Waals surface area (Å²) in [6.45, 7) is 6.89. The Bertz CT molecular complexity index is 1140. The van der Waals surface area contributed by atoms with Gasteiger partial charge in [0.05, 0.1) is 31.2 Å². The second-order valence-electron chi connectivity index (χ2n) is 8.05. The maximum absolute atomic E-state index is 13.7. The Kier molecular flexibility index (Phi) is 6.77. The predicted octanol–water partition coefficient (Wildman–Crippen LogP) is 1.99. The second-order valence-corrected chi connectivity index (χ2v) is 8.86. The van der Waals surface area contributed by atoms with Gasteiger partial charge in [0.1, 0.15) is 30.5 Å². The van der Waals surface area contributed by atoms with E-state index in [1.807, 2.05) is 6.92 Å². The summed E-state index contributed by atoms with van der Waals surface area (Å²) < 4.78 is 12.8. The van der Waals surface area contributed by atoms with Gasteiger partial charge in [0.2, 0.25) is 5.88 Å². The number of fused-ring (bicyclic) bond motifs is 1. The van der Waals surface area contributed by atoms with Crippen molar-refractivity contribution in [1.82, 2.24) is 4.57 Å². The van der Waals surface area contributed by atoms with Crippen molar-refractivity contribution in [3.8, 4) is 11.8 Å². The fourth-order valence-corrected chi connectivity index (χ4v) is 5.05. The average molecular weight is 476 g/mol. The number of hydrogen-bond donors (Lipinski definition) is 2. The standard InChI is InChI=1S/C23H24Cl2N4O3/c1-14-12-18-21(23(30)29(14)7-3-6-28-8-10-31-11-9-28)19(15(13-26)22(27)32-18)20-16(24)4-2-5-17(20)25/h2,4-5,12,19H,3,6-11,27H2,1H3/p+1/t19-/m1/s1. The van der Waals surface area contributed by atoms with E-state index in [4.69, 9.17) is 38.4 Å². The molecule has 0 bridgehead atoms. The van der Waals surface area contributed by atoms with E-state index in [9.17, 15) is 10.1 Å². The Morgan fingerprint density at radius 3 is 2.59 bits per heavy atom. The van der Waals surface area contributed by atoms with Gasteiger partial charge >= 0.3 is 0 Å². The van der Waals surface area contributed by atoms with Crippen molar-refractivity contribution in [2.24, 2.45) is 5.73 Å². The number of benzene rings is 1. The summed E-state index contributed by atoms with van der Waals surface area (Å²) in [5.41, 5.74) is 7.53. The van der Waals surface area contributed by atoms with E-state index in [1.165, 1.54) is 4.90 Å². The van der Waals surface area contributed by atoms with Gasteiger partial charge in [0, 0.05) is 40.3 Å². The van der Waals surface area contributed by atoms with Crippen molar-refractivity contribution in [2.75, 3.05) is 32.8 Å². The maximum Gasteiger partial charge on any atom is 0.258 e. The zero-order chi connectivity index (χ0) is 22.8. The lowest BCUT2D eigenvalue weighted by Crippen LogP contribution is -3.14. The molecule has 1 aromatic heterocycles. The molecule has 0 aliphatic carbocycles. The van der Waals surface area contributed by atoms with Crippen molar-refractivity contribution in [3.63, 3.8) is 0 Å². The van der Waals surface area contributed by atoms with Gasteiger partial charge < -0.3 is 24.7 Å². The lowest BCUT2D eigenvalue weighted by molar-refractivity contribution is -0.908. The molecule has 0 saturated carbocycles. The van der Waals surface area contributed by atoms with Gasteiger partial charge in [0.15, 0.2) is 0 Å². The van der Waals surface area contributed by atoms with Crippen LogP contribution in [0.25, 0.3) is 0 Å². The SMILES string of the molecule is Cc1cc2c(c(=O)n1CCC[NH+]1CCOCC1)[C@@H](c1c(Cl)cccc1Cl)C(C#N)=C(N)O2. The third kappa shape index (κ3) is 4.24. The van der Waals surface area contributed by atoms with Crippen molar-refractivity contribution in [2.45, 2.75) is 25.8 Å². The lowest BCUT2D eigenvalue weighted by atomic mass is 9.84. The van der Waals surface area contributed by atoms with Crippen LogP contribution in [0.3, 0.4) is 0 Å². The summed E-state index contributed by atoms with van der Waals surface area (Å²) in [5.74, 6) is -0.511. The van der Waals surface area contributed by atoms with Crippen LogP contribution in [0.1, 0.15) is 29.2 Å². The molecule has 3 N–H and O–H groups in total. The Morgan fingerprint density at radius 2 is 1.94 bits per heavy atom. The van der Waals surface area contributed by atoms with Crippen LogP contribution in [0.4, 0.5) is 0 Å². The van der Waals surface area contributed by atoms with Gasteiger partial charge in [-0.3, -0.25) is 4.79 Å². The minimum absolute atomic E-state index is 0.0477. The number of nitriles is 1. The van der Waals surface area contributed by atoms with Crippen molar-refractivity contribution in [1.29, 1.82) is 5.26 Å². The highest BCUT2D eigenvalue weighted by Gasteiger charge is 2.36. The molecule has 7 nitrogen and oxygen atoms in total. The van der Waals surface area contributed by atoms with Crippen LogP contribution < -0.4 is 20.9 Å². The molecule has 1 fully saturated rings. The van der Waals surface area contributed by atoms with E-state index < -0.39 is 5.92 Å². The summed E-state index contributed by atoms with van der Waals surface area (Å²) in [6.07, 6.45) is 0.844. The number of morpholine rings is 1. The molecule has 0 unspecified atom stereocenters. The fourth-order valence-electron chi connectivity index (χ4n) is 4.44. The molecule has 0 amide bonds. The van der Waals surface area contributed by atoms with Crippen LogP contribution in [-0.2, 0) is 11.3 Å². The van der Waals surface area contributed by atoms with E-state index in [0.717, 1.165) is 45.0 Å². The molecule has 9 heteroatoms. The predicted molar refractivity (Wildman–Crippen MR) is 122 cm³/mol. The van der Waals surface area contributed by atoms with Crippen LogP contribution in [0, 0.1) is 18.3 Å². The molecule has 0 spiro atoms. The molecule has 2 aromatic rings. The third-order valence-electron chi connectivity index (χ3n) is 6.09. The number of hydrogen-bond acceptors (Lipinski definition) is 5. The number of allylic oxidation sites excluding steroid dienone is 1. The minimum Gasteiger partial charge on any atom is -0.440 e. The number of nitrogens with zero attached hydrogens (tertiary/aromatic N) is 2. The topological polar surface area (TPSA) is 94.7 Å². The van der Waals surface area contributed by atoms with Crippen molar-refractivity contribution in [3.05, 3.63) is 72.9 Å². The van der Waals surface area contributed by atoms with Gasteiger partial charge in [-0.2, -0.15) is 5.26 Å². The molecule has 3 heterocycles. The number of pyridine rings is 1. The maximum atomic E-state index is 13.7. The van der Waals surface area contributed by atoms with Crippen LogP contribution in [0.15, 0.2) is 40.5 Å². The molecule has 32 heavy (non-hydrogen) atoms. The summed E-state index contributed by atoms with van der Waals surface area (Å²) in [5, 5.41) is 10.5. The number of aryl methyl sites for hydroxylation is 1. The zero-order valence-electron chi connectivity index (χ0n) is 17.8. The van der Waals surface area contributed by atoms with E-state index in [1.54, 1.807) is 28.8 Å². The molecule has 2 aliphatic heterocycles. The Labute approximate surface area is 196 Å². The average Bonchev–Trinajstić information content (AvgIpc) is 2.76. The molecule has 1 atom stereocenters. The smallest absolute Gasteiger partial charge is 0.258 e. The van der Waals surface area contributed by atoms with Crippen LogP contribution in [0.5, 0.6) is 5.75 Å². The molecule has 168 valence electrons. The van der Waals surface area contributed by atoms with E-state index in [-0.39, 0.29) is 17.0 Å². The highest BCUT2D eigenvalue weighted by molar-refractivity contribution is 6.36. The van der Waals surface area contributed by atoms with E-state index >= 15 is 0 Å². The molecule has 0 radical (unpaired) electrons. The Hall–Kier alpha value is -2.50. The zero-order valence-corrected chi connectivity index (χ0v) is 19.3. The Balaban J connectivity index is 1.75. The first-order chi connectivity index (χ1) is 15.4. The summed E-state index contributed by atoms with van der Waals surface area (Å²) in [7, 11) is 0. The number of ether oxygens (including phenoxy) is 2. The first-order valence-electron chi connectivity index (χ1n) is 10.6. The monoisotopic (exact) mass is 475 g/mol. The summed E-state index contributed by atoms with van der Waals surface area (Å²) in [6, 6.07) is 8.96. The first-order valence-corrected chi connectivity index (χ1v) is 11.3. The highest BCUT2D eigenvalue weighted by Crippen LogP contribution is 2.45. The number of aromatic nitrogens is 1. The van der Waals surface area contributed by atoms with Crippen LogP contribution in [0.2, 0.25) is 10.0 Å². The second kappa shape index (κ2) is 9.55. The van der Waals surface area contributed by atoms with E-state index in [2.05, 4.69) is 6.07 Å². The number of rotatable bonds is 5. The molecule has 1 aromatic carbocycles. The van der Waals surface area contributed by atoms with Crippen molar-refractivity contribution >= 4 is 23.2 Å². The number of nitrogens with two attached hydrogens (primary N) is 1. The molecule has 2 aliphatic rings. The molecule has 1 saturated heterocycles. The van der Waals surface area contributed by atoms with Gasteiger partial charge in [0.25, 0.3) is 5.56 Å². The van der Waals surface area contributed by atoms with Gasteiger partial charge in [-0.05, 0) is 19.1 Å². The van der Waals surface area contributed by atoms with Gasteiger partial charge in [-0.25, -0.2) is 0 Å². The van der Waals surface area contributed by atoms with Gasteiger partial charge in [-0.1, -0.05) is 29.3 Å². The minimum atomic E-state index is -0.797. The van der Waals surface area contributed by atoms with Crippen molar-refractivity contribution < 1.29 is 14.4 Å². The third-order valence-corrected chi connectivity index (χ3v) is 6.75. The molecular formula is C23H25Cl2N4O3+. The molecular weight excluding hydrogens is 451 g/mol. The fraction of sp³-hybridized carbons (Fsp3) is 0.391. The molecule has 4 rings (SSSR count). The Morgan fingerprint density at radius 1 is 1.25 bits per heavy atom. The summed E-state index contributed by atoms with van der Waals surface area (Å²) >= 11 is 12.9. The number of halogens is 2. The van der Waals surface area contributed by atoms with Crippen LogP contribution in [-0.4, -0.2) is 37.4 Å². The highest BCUT2D eigenvalue weighted by atomic mass is 35.5.